The van der Waals surface area contributed by atoms with Gasteiger partial charge in [-0.1, -0.05) is 61.5 Å². The van der Waals surface area contributed by atoms with Gasteiger partial charge in [0.15, 0.2) is 0 Å². The van der Waals surface area contributed by atoms with Crippen LogP contribution in [0, 0.1) is 0 Å². The third-order valence-corrected chi connectivity index (χ3v) is 5.77. The molecule has 144 valence electrons. The van der Waals surface area contributed by atoms with Crippen LogP contribution in [-0.2, 0) is 10.0 Å². The Morgan fingerprint density at radius 1 is 0.893 bits per heavy atom. The van der Waals surface area contributed by atoms with E-state index in [-0.39, 0.29) is 16.7 Å². The Kier molecular flexibility index (Phi) is 6.11. The second-order valence-corrected chi connectivity index (χ2v) is 8.20. The fourth-order valence-electron chi connectivity index (χ4n) is 2.78. The van der Waals surface area contributed by atoms with Gasteiger partial charge in [-0.25, -0.2) is 8.42 Å². The molecule has 0 saturated carbocycles. The molecular weight excluding hydrogens is 372 g/mol. The molecule has 0 saturated heterocycles. The lowest BCUT2D eigenvalue weighted by atomic mass is 10.0. The van der Waals surface area contributed by atoms with Crippen LogP contribution in [0.2, 0.25) is 0 Å². The summed E-state index contributed by atoms with van der Waals surface area (Å²) >= 11 is 0. The van der Waals surface area contributed by atoms with Crippen LogP contribution in [0.4, 0.5) is 5.69 Å². The maximum absolute atomic E-state index is 12.5. The topological polar surface area (TPSA) is 75.3 Å². The minimum Gasteiger partial charge on any atom is -0.351 e. The molecule has 28 heavy (non-hydrogen) atoms. The number of amides is 1. The van der Waals surface area contributed by atoms with Crippen LogP contribution in [0.15, 0.2) is 89.8 Å². The van der Waals surface area contributed by atoms with Gasteiger partial charge in [-0.05, 0) is 41.8 Å². The van der Waals surface area contributed by atoms with E-state index in [1.807, 2.05) is 37.3 Å². The number of hydrogen-bond acceptors (Lipinski definition) is 3. The van der Waals surface area contributed by atoms with Crippen LogP contribution < -0.4 is 10.0 Å². The number of anilines is 1. The molecule has 5 nitrogen and oxygen atoms in total. The summed E-state index contributed by atoms with van der Waals surface area (Å²) in [6, 6.07) is 24.5. The maximum Gasteiger partial charge on any atom is 0.261 e. The van der Waals surface area contributed by atoms with Crippen LogP contribution in [0.3, 0.4) is 0 Å². The van der Waals surface area contributed by atoms with Crippen molar-refractivity contribution in [3.63, 3.8) is 0 Å². The minimum atomic E-state index is -3.70. The number of carbonyl (C=O) groups excluding carboxylic acids is 1. The van der Waals surface area contributed by atoms with Gasteiger partial charge in [0.1, 0.15) is 0 Å². The number of sulfonamides is 1. The zero-order valence-electron chi connectivity index (χ0n) is 15.5. The van der Waals surface area contributed by atoms with E-state index in [1.165, 1.54) is 18.2 Å². The van der Waals surface area contributed by atoms with Gasteiger partial charge in [-0.2, -0.15) is 0 Å². The molecule has 3 aromatic rings. The molecule has 0 aliphatic rings. The molecule has 2 N–H and O–H groups in total. The molecule has 0 aliphatic carbocycles. The summed E-state index contributed by atoms with van der Waals surface area (Å²) in [5.74, 6) is -0.0755. The normalized spacial score (nSPS) is 12.2. The van der Waals surface area contributed by atoms with Gasteiger partial charge < -0.3 is 5.32 Å². The Morgan fingerprint density at radius 2 is 1.54 bits per heavy atom. The van der Waals surface area contributed by atoms with Crippen molar-refractivity contribution in [2.45, 2.75) is 17.7 Å². The molecule has 0 bridgehead atoms. The number of nitrogens with one attached hydrogen (secondary N) is 2. The van der Waals surface area contributed by atoms with E-state index in [0.717, 1.165) is 5.56 Å². The summed E-state index contributed by atoms with van der Waals surface area (Å²) in [4.78, 5) is 12.6. The van der Waals surface area contributed by atoms with Gasteiger partial charge in [0.05, 0.1) is 4.90 Å². The average molecular weight is 394 g/mol. The van der Waals surface area contributed by atoms with Crippen LogP contribution in [-0.4, -0.2) is 20.9 Å². The van der Waals surface area contributed by atoms with Crippen LogP contribution in [0.1, 0.15) is 28.8 Å². The number of rotatable bonds is 7. The van der Waals surface area contributed by atoms with Gasteiger partial charge in [0.25, 0.3) is 15.9 Å². The molecule has 1 amide bonds. The number of hydrogen-bond donors (Lipinski definition) is 2. The molecule has 0 heterocycles. The first-order valence-electron chi connectivity index (χ1n) is 8.97. The van der Waals surface area contributed by atoms with Crippen molar-refractivity contribution in [3.8, 4) is 0 Å². The monoisotopic (exact) mass is 394 g/mol. The number of benzene rings is 3. The van der Waals surface area contributed by atoms with Crippen molar-refractivity contribution in [2.24, 2.45) is 0 Å². The molecule has 3 aromatic carbocycles. The van der Waals surface area contributed by atoms with E-state index in [2.05, 4.69) is 10.0 Å². The van der Waals surface area contributed by atoms with E-state index >= 15 is 0 Å². The predicted molar refractivity (Wildman–Crippen MR) is 111 cm³/mol. The second kappa shape index (κ2) is 8.71. The first kappa shape index (κ1) is 19.6. The van der Waals surface area contributed by atoms with E-state index in [0.29, 0.717) is 17.8 Å². The lowest BCUT2D eigenvalue weighted by Gasteiger charge is -2.14. The molecule has 0 aliphatic heterocycles. The van der Waals surface area contributed by atoms with E-state index < -0.39 is 10.0 Å². The first-order chi connectivity index (χ1) is 13.5. The quantitative estimate of drug-likeness (QED) is 0.635. The molecular formula is C22H22N2O3S. The van der Waals surface area contributed by atoms with Crippen molar-refractivity contribution in [2.75, 3.05) is 11.3 Å². The number of carbonyl (C=O) groups is 1. The Balaban J connectivity index is 1.66. The van der Waals surface area contributed by atoms with Crippen LogP contribution >= 0.6 is 0 Å². The molecule has 0 unspecified atom stereocenters. The second-order valence-electron chi connectivity index (χ2n) is 6.52. The maximum atomic E-state index is 12.5. The zero-order chi connectivity index (χ0) is 20.0. The highest BCUT2D eigenvalue weighted by Crippen LogP contribution is 2.18. The summed E-state index contributed by atoms with van der Waals surface area (Å²) in [5, 5.41) is 2.90. The standard InChI is InChI=1S/C22H22N2O3S/c1-17(18-9-4-2-5-10-18)16-23-22(25)19-11-8-12-20(15-19)24-28(26,27)21-13-6-3-7-14-21/h2-15,17,24H,16H2,1H3,(H,23,25)/t17-/m0/s1. The zero-order valence-corrected chi connectivity index (χ0v) is 16.3. The Hall–Kier alpha value is -3.12. The van der Waals surface area contributed by atoms with E-state index in [4.69, 9.17) is 0 Å². The van der Waals surface area contributed by atoms with Gasteiger partial charge in [-0.3, -0.25) is 9.52 Å². The fourth-order valence-corrected chi connectivity index (χ4v) is 3.86. The average Bonchev–Trinajstić information content (AvgIpc) is 2.73. The minimum absolute atomic E-state index is 0.168. The van der Waals surface area contributed by atoms with Gasteiger partial charge in [-0.15, -0.1) is 0 Å². The summed E-state index contributed by atoms with van der Waals surface area (Å²) in [5.41, 5.74) is 1.88. The molecule has 0 spiro atoms. The predicted octanol–water partition coefficient (Wildman–Crippen LogP) is 4.02. The van der Waals surface area contributed by atoms with E-state index in [9.17, 15) is 13.2 Å². The smallest absolute Gasteiger partial charge is 0.261 e. The van der Waals surface area contributed by atoms with Crippen LogP contribution in [0.25, 0.3) is 0 Å². The summed E-state index contributed by atoms with van der Waals surface area (Å²) in [6.45, 7) is 2.53. The molecule has 3 rings (SSSR count). The molecule has 0 radical (unpaired) electrons. The highest BCUT2D eigenvalue weighted by molar-refractivity contribution is 7.92. The molecule has 0 aromatic heterocycles. The van der Waals surface area contributed by atoms with Crippen molar-refractivity contribution in [3.05, 3.63) is 96.1 Å². The Morgan fingerprint density at radius 3 is 2.21 bits per heavy atom. The SMILES string of the molecule is C[C@@H](CNC(=O)c1cccc(NS(=O)(=O)c2ccccc2)c1)c1ccccc1. The van der Waals surface area contributed by atoms with E-state index in [1.54, 1.807) is 36.4 Å². The lowest BCUT2D eigenvalue weighted by molar-refractivity contribution is 0.0951. The Bertz CT molecular complexity index is 1040. The summed E-state index contributed by atoms with van der Waals surface area (Å²) in [7, 11) is -3.70. The third-order valence-electron chi connectivity index (χ3n) is 4.37. The fraction of sp³-hybridized carbons (Fsp3) is 0.136. The van der Waals surface area contributed by atoms with Gasteiger partial charge in [0.2, 0.25) is 0 Å². The Labute approximate surface area is 165 Å². The summed E-state index contributed by atoms with van der Waals surface area (Å²) < 4.78 is 27.4. The highest BCUT2D eigenvalue weighted by Gasteiger charge is 2.15. The first-order valence-corrected chi connectivity index (χ1v) is 10.4. The van der Waals surface area contributed by atoms with Gasteiger partial charge >= 0.3 is 0 Å². The lowest BCUT2D eigenvalue weighted by Crippen LogP contribution is -2.27. The largest absolute Gasteiger partial charge is 0.351 e. The highest BCUT2D eigenvalue weighted by atomic mass is 32.2. The van der Waals surface area contributed by atoms with Crippen molar-refractivity contribution in [1.82, 2.24) is 5.32 Å². The van der Waals surface area contributed by atoms with Gasteiger partial charge in [0, 0.05) is 17.8 Å². The molecule has 6 heteroatoms. The van der Waals surface area contributed by atoms with Crippen LogP contribution in [0.5, 0.6) is 0 Å². The van der Waals surface area contributed by atoms with Crippen molar-refractivity contribution >= 4 is 21.6 Å². The van der Waals surface area contributed by atoms with Crippen molar-refractivity contribution in [1.29, 1.82) is 0 Å². The van der Waals surface area contributed by atoms with Crippen molar-refractivity contribution < 1.29 is 13.2 Å². The molecule has 1 atom stereocenters. The summed E-state index contributed by atoms with van der Waals surface area (Å²) in [6.07, 6.45) is 0. The third kappa shape index (κ3) is 4.98. The molecule has 0 fully saturated rings.